The highest BCUT2D eigenvalue weighted by atomic mass is 16.4. The van der Waals surface area contributed by atoms with Gasteiger partial charge in [-0.05, 0) is 0 Å². The number of aliphatic hydroxyl groups excluding tert-OH is 9. The smallest absolute Gasteiger partial charge is 0.151 e. The number of carbonyl (C=O) groups excluding carboxylic acids is 2. The maximum Gasteiger partial charge on any atom is 0.151 e. The quantitative estimate of drug-likeness (QED) is 0.164. The van der Waals surface area contributed by atoms with Crippen LogP contribution in [0.1, 0.15) is 0 Å². The van der Waals surface area contributed by atoms with Gasteiger partial charge >= 0.3 is 0 Å². The van der Waals surface area contributed by atoms with Crippen LogP contribution in [0.25, 0.3) is 0 Å². The van der Waals surface area contributed by atoms with Crippen molar-refractivity contribution in [2.45, 2.75) is 48.8 Å². The van der Waals surface area contributed by atoms with Crippen molar-refractivity contribution < 1.29 is 55.5 Å². The molecule has 0 saturated carbocycles. The van der Waals surface area contributed by atoms with Crippen molar-refractivity contribution in [1.82, 2.24) is 0 Å². The van der Waals surface area contributed by atoms with Crippen LogP contribution in [0.15, 0.2) is 0 Å². The highest BCUT2D eigenvalue weighted by molar-refractivity contribution is 5.58. The topological polar surface area (TPSA) is 242 Å². The van der Waals surface area contributed by atoms with Crippen molar-refractivity contribution >= 4 is 12.6 Å². The van der Waals surface area contributed by atoms with Crippen molar-refractivity contribution in [2.24, 2.45) is 5.73 Å². The van der Waals surface area contributed by atoms with Gasteiger partial charge in [-0.15, -0.1) is 0 Å². The van der Waals surface area contributed by atoms with Crippen molar-refractivity contribution in [3.05, 3.63) is 0 Å². The summed E-state index contributed by atoms with van der Waals surface area (Å²) >= 11 is 0. The van der Waals surface area contributed by atoms with E-state index < -0.39 is 62.0 Å². The molecule has 0 unspecified atom stereocenters. The van der Waals surface area contributed by atoms with E-state index in [9.17, 15) is 9.59 Å². The van der Waals surface area contributed by atoms with Gasteiger partial charge in [0.25, 0.3) is 0 Å². The summed E-state index contributed by atoms with van der Waals surface area (Å²) in [7, 11) is 0. The van der Waals surface area contributed by atoms with Gasteiger partial charge in [0.1, 0.15) is 49.0 Å². The average molecular weight is 359 g/mol. The Morgan fingerprint density at radius 3 is 1.33 bits per heavy atom. The van der Waals surface area contributed by atoms with Crippen molar-refractivity contribution in [1.29, 1.82) is 0 Å². The molecule has 0 aromatic rings. The molecule has 0 aliphatic carbocycles. The second-order valence-corrected chi connectivity index (χ2v) is 4.80. The molecule has 0 fully saturated rings. The van der Waals surface area contributed by atoms with Gasteiger partial charge in [0.2, 0.25) is 0 Å². The fourth-order valence-electron chi connectivity index (χ4n) is 1.26. The molecule has 24 heavy (non-hydrogen) atoms. The molecule has 0 rings (SSSR count). The minimum absolute atomic E-state index is 0.0258. The summed E-state index contributed by atoms with van der Waals surface area (Å²) in [5.41, 5.74) is 5.04. The van der Waals surface area contributed by atoms with Gasteiger partial charge in [0.05, 0.1) is 19.3 Å². The van der Waals surface area contributed by atoms with Crippen LogP contribution < -0.4 is 5.73 Å². The third kappa shape index (κ3) is 8.70. The summed E-state index contributed by atoms with van der Waals surface area (Å²) in [5, 5.41) is 78.7. The second kappa shape index (κ2) is 13.3. The Hall–Kier alpha value is -1.06. The standard InChI is InChI=1S/C6H13NO5.C6H12O6/c7-3(1-8)5(11)6(12)4(10)2-9;7-1-3(9)5(11)6(12)4(10)2-8/h1,3-6,9-12H,2,7H2;1,3-6,8-12H,2H2/t2*3-,4+,5+,6+/m00/s1. The Labute approximate surface area is 137 Å². The molecule has 0 aromatic heterocycles. The molecule has 12 heteroatoms. The fourth-order valence-corrected chi connectivity index (χ4v) is 1.26. The summed E-state index contributed by atoms with van der Waals surface area (Å²) in [4.78, 5) is 19.9. The van der Waals surface area contributed by atoms with E-state index in [0.29, 0.717) is 0 Å². The highest BCUT2D eigenvalue weighted by Gasteiger charge is 2.29. The van der Waals surface area contributed by atoms with E-state index in [4.69, 9.17) is 51.7 Å². The van der Waals surface area contributed by atoms with Gasteiger partial charge in [-0.25, -0.2) is 0 Å². The first-order valence-corrected chi connectivity index (χ1v) is 6.73. The summed E-state index contributed by atoms with van der Waals surface area (Å²) in [6.07, 6.45) is -11.3. The van der Waals surface area contributed by atoms with Crippen LogP contribution in [0.2, 0.25) is 0 Å². The zero-order chi connectivity index (χ0) is 19.4. The Kier molecular flexibility index (Phi) is 13.9. The first kappa shape index (κ1) is 25.2. The lowest BCUT2D eigenvalue weighted by atomic mass is 10.0. The molecular formula is C12H25NO11. The molecule has 0 aliphatic heterocycles. The SMILES string of the molecule is N[C@@H](C=O)[C@@H](O)[C@H](O)[C@H](O)CO.O=C[C@H](O)[C@@H](O)[C@H](O)[C@H](O)CO. The Morgan fingerprint density at radius 1 is 0.667 bits per heavy atom. The van der Waals surface area contributed by atoms with E-state index in [-0.39, 0.29) is 12.6 Å². The third-order valence-electron chi connectivity index (χ3n) is 2.90. The van der Waals surface area contributed by atoms with E-state index >= 15 is 0 Å². The Balaban J connectivity index is 0. The molecular weight excluding hydrogens is 334 g/mol. The molecule has 11 N–H and O–H groups in total. The number of aliphatic hydroxyl groups is 9. The molecule has 0 aromatic carbocycles. The molecule has 0 bridgehead atoms. The first-order valence-electron chi connectivity index (χ1n) is 6.73. The van der Waals surface area contributed by atoms with E-state index in [2.05, 4.69) is 0 Å². The maximum absolute atomic E-state index is 10.0. The van der Waals surface area contributed by atoms with Crippen LogP contribution in [-0.4, -0.2) is 121 Å². The number of hydrogen-bond acceptors (Lipinski definition) is 12. The maximum atomic E-state index is 10.0. The number of carbonyl (C=O) groups is 2. The number of rotatable bonds is 10. The van der Waals surface area contributed by atoms with Gasteiger partial charge in [-0.1, -0.05) is 0 Å². The minimum Gasteiger partial charge on any atom is -0.394 e. The lowest BCUT2D eigenvalue weighted by Crippen LogP contribution is -2.49. The van der Waals surface area contributed by atoms with Crippen LogP contribution in [0.3, 0.4) is 0 Å². The Bertz CT molecular complexity index is 313. The highest BCUT2D eigenvalue weighted by Crippen LogP contribution is 2.03. The van der Waals surface area contributed by atoms with Crippen LogP contribution in [0.5, 0.6) is 0 Å². The van der Waals surface area contributed by atoms with E-state index in [1.165, 1.54) is 0 Å². The molecule has 0 amide bonds. The lowest BCUT2D eigenvalue weighted by Gasteiger charge is -2.23. The lowest BCUT2D eigenvalue weighted by molar-refractivity contribution is -0.136. The van der Waals surface area contributed by atoms with E-state index in [0.717, 1.165) is 0 Å². The van der Waals surface area contributed by atoms with E-state index in [1.807, 2.05) is 0 Å². The summed E-state index contributed by atoms with van der Waals surface area (Å²) < 4.78 is 0. The van der Waals surface area contributed by atoms with Crippen molar-refractivity contribution in [3.8, 4) is 0 Å². The molecule has 144 valence electrons. The summed E-state index contributed by atoms with van der Waals surface area (Å²) in [5.74, 6) is 0. The molecule has 0 spiro atoms. The van der Waals surface area contributed by atoms with Crippen LogP contribution in [-0.2, 0) is 9.59 Å². The molecule has 0 heterocycles. The molecule has 0 radical (unpaired) electrons. The van der Waals surface area contributed by atoms with Crippen molar-refractivity contribution in [3.63, 3.8) is 0 Å². The summed E-state index contributed by atoms with van der Waals surface area (Å²) in [6.45, 7) is -1.46. The Morgan fingerprint density at radius 2 is 1.04 bits per heavy atom. The van der Waals surface area contributed by atoms with E-state index in [1.54, 1.807) is 0 Å². The summed E-state index contributed by atoms with van der Waals surface area (Å²) in [6, 6.07) is -1.26. The average Bonchev–Trinajstić information content (AvgIpc) is 2.62. The third-order valence-corrected chi connectivity index (χ3v) is 2.90. The largest absolute Gasteiger partial charge is 0.394 e. The number of aldehydes is 2. The van der Waals surface area contributed by atoms with Crippen LogP contribution in [0, 0.1) is 0 Å². The van der Waals surface area contributed by atoms with Crippen molar-refractivity contribution in [2.75, 3.05) is 13.2 Å². The van der Waals surface area contributed by atoms with Gasteiger partial charge in [0.15, 0.2) is 6.29 Å². The second-order valence-electron chi connectivity index (χ2n) is 4.80. The predicted octanol–water partition coefficient (Wildman–Crippen LogP) is -6.79. The van der Waals surface area contributed by atoms with Gasteiger partial charge in [-0.2, -0.15) is 0 Å². The molecule has 0 aliphatic rings. The van der Waals surface area contributed by atoms with Gasteiger partial charge in [-0.3, -0.25) is 0 Å². The van der Waals surface area contributed by atoms with Gasteiger partial charge in [0, 0.05) is 0 Å². The monoisotopic (exact) mass is 359 g/mol. The fraction of sp³-hybridized carbons (Fsp3) is 0.833. The molecule has 0 saturated heterocycles. The van der Waals surface area contributed by atoms with Crippen LogP contribution in [0.4, 0.5) is 0 Å². The molecule has 8 atom stereocenters. The predicted molar refractivity (Wildman–Crippen MR) is 76.3 cm³/mol. The van der Waals surface area contributed by atoms with Gasteiger partial charge < -0.3 is 61.3 Å². The zero-order valence-electron chi connectivity index (χ0n) is 12.6. The zero-order valence-corrected chi connectivity index (χ0v) is 12.6. The molecule has 12 nitrogen and oxygen atoms in total. The minimum atomic E-state index is -1.79. The number of hydrogen-bond donors (Lipinski definition) is 10. The first-order chi connectivity index (χ1) is 11.1. The number of nitrogens with two attached hydrogens (primary N) is 1. The normalized spacial score (nSPS) is 21.1. The van der Waals surface area contributed by atoms with Crippen LogP contribution >= 0.6 is 0 Å².